The SMILES string of the molecule is OC1c2ccccc2C(F)(F)C(F)(F)c2ccccc21. The lowest BCUT2D eigenvalue weighted by atomic mass is 9.96. The van der Waals surface area contributed by atoms with Crippen LogP contribution in [0.3, 0.4) is 0 Å². The van der Waals surface area contributed by atoms with Crippen molar-refractivity contribution in [1.29, 1.82) is 0 Å². The van der Waals surface area contributed by atoms with Crippen molar-refractivity contribution in [2.24, 2.45) is 0 Å². The van der Waals surface area contributed by atoms with Crippen LogP contribution in [0.25, 0.3) is 0 Å². The van der Waals surface area contributed by atoms with Gasteiger partial charge in [-0.1, -0.05) is 48.5 Å². The summed E-state index contributed by atoms with van der Waals surface area (Å²) in [5.74, 6) is -8.76. The van der Waals surface area contributed by atoms with E-state index in [0.29, 0.717) is 0 Å². The monoisotopic (exact) mass is 282 g/mol. The summed E-state index contributed by atoms with van der Waals surface area (Å²) in [7, 11) is 0. The Morgan fingerprint density at radius 1 is 0.700 bits per heavy atom. The van der Waals surface area contributed by atoms with Crippen molar-refractivity contribution in [2.75, 3.05) is 0 Å². The normalized spacial score (nSPS) is 19.9. The fourth-order valence-corrected chi connectivity index (χ4v) is 2.55. The molecular formula is C15H10F4O. The van der Waals surface area contributed by atoms with Gasteiger partial charge in [-0.25, -0.2) is 0 Å². The number of hydrogen-bond donors (Lipinski definition) is 1. The van der Waals surface area contributed by atoms with Gasteiger partial charge in [-0.2, -0.15) is 17.6 Å². The minimum absolute atomic E-state index is 0.192. The van der Waals surface area contributed by atoms with Gasteiger partial charge in [0, 0.05) is 11.1 Å². The lowest BCUT2D eigenvalue weighted by molar-refractivity contribution is -0.223. The Bertz CT molecular complexity index is 609. The van der Waals surface area contributed by atoms with Crippen LogP contribution in [0, 0.1) is 0 Å². The zero-order valence-electron chi connectivity index (χ0n) is 10.2. The molecule has 1 aliphatic rings. The summed E-state index contributed by atoms with van der Waals surface area (Å²) in [6.07, 6.45) is -1.50. The molecule has 20 heavy (non-hydrogen) atoms. The van der Waals surface area contributed by atoms with E-state index in [-0.39, 0.29) is 11.1 Å². The molecule has 0 saturated carbocycles. The third-order valence-electron chi connectivity index (χ3n) is 3.58. The second-order valence-corrected chi connectivity index (χ2v) is 4.73. The molecule has 5 heteroatoms. The van der Waals surface area contributed by atoms with Crippen LogP contribution in [0.15, 0.2) is 48.5 Å². The van der Waals surface area contributed by atoms with E-state index in [1.807, 2.05) is 0 Å². The van der Waals surface area contributed by atoms with Crippen molar-refractivity contribution in [2.45, 2.75) is 17.9 Å². The van der Waals surface area contributed by atoms with Crippen molar-refractivity contribution >= 4 is 0 Å². The first-order chi connectivity index (χ1) is 9.37. The summed E-state index contributed by atoms with van der Waals surface area (Å²) >= 11 is 0. The Morgan fingerprint density at radius 2 is 1.05 bits per heavy atom. The predicted octanol–water partition coefficient (Wildman–Crippen LogP) is 3.97. The molecule has 0 aliphatic heterocycles. The second kappa shape index (κ2) is 4.06. The van der Waals surface area contributed by atoms with Crippen LogP contribution in [-0.2, 0) is 11.8 Å². The van der Waals surface area contributed by atoms with E-state index in [1.165, 1.54) is 36.4 Å². The van der Waals surface area contributed by atoms with Gasteiger partial charge < -0.3 is 5.11 Å². The Labute approximate surface area is 112 Å². The third-order valence-corrected chi connectivity index (χ3v) is 3.58. The molecule has 0 atom stereocenters. The Balaban J connectivity index is 2.41. The highest BCUT2D eigenvalue weighted by Crippen LogP contribution is 2.55. The molecule has 0 bridgehead atoms. The number of hydrogen-bond acceptors (Lipinski definition) is 1. The first-order valence-electron chi connectivity index (χ1n) is 6.00. The quantitative estimate of drug-likeness (QED) is 0.725. The van der Waals surface area contributed by atoms with Gasteiger partial charge in [-0.15, -0.1) is 0 Å². The fraction of sp³-hybridized carbons (Fsp3) is 0.200. The van der Waals surface area contributed by atoms with Gasteiger partial charge in [-0.05, 0) is 11.1 Å². The number of alkyl halides is 4. The zero-order chi connectivity index (χ0) is 14.5. The number of aliphatic hydroxyl groups excluding tert-OH is 1. The second-order valence-electron chi connectivity index (χ2n) is 4.73. The fourth-order valence-electron chi connectivity index (χ4n) is 2.55. The number of halogens is 4. The molecule has 2 aromatic rings. The predicted molar refractivity (Wildman–Crippen MR) is 64.7 cm³/mol. The molecule has 2 aromatic carbocycles. The molecule has 1 N–H and O–H groups in total. The van der Waals surface area contributed by atoms with Crippen molar-refractivity contribution < 1.29 is 22.7 Å². The van der Waals surface area contributed by atoms with Gasteiger partial charge in [0.15, 0.2) is 0 Å². The lowest BCUT2D eigenvalue weighted by Crippen LogP contribution is -2.35. The third kappa shape index (κ3) is 1.53. The summed E-state index contributed by atoms with van der Waals surface area (Å²) in [5.41, 5.74) is -2.06. The van der Waals surface area contributed by atoms with Crippen molar-refractivity contribution in [1.82, 2.24) is 0 Å². The summed E-state index contributed by atoms with van der Waals surface area (Å²) in [6, 6.07) is 9.72. The maximum Gasteiger partial charge on any atom is 0.340 e. The van der Waals surface area contributed by atoms with Gasteiger partial charge in [-0.3, -0.25) is 0 Å². The Morgan fingerprint density at radius 3 is 1.45 bits per heavy atom. The largest absolute Gasteiger partial charge is 0.384 e. The minimum atomic E-state index is -4.38. The molecule has 0 saturated heterocycles. The number of aliphatic hydroxyl groups is 1. The van der Waals surface area contributed by atoms with E-state index >= 15 is 0 Å². The highest BCUT2D eigenvalue weighted by atomic mass is 19.3. The van der Waals surface area contributed by atoms with Gasteiger partial charge in [0.05, 0.1) is 0 Å². The first-order valence-corrected chi connectivity index (χ1v) is 6.00. The molecule has 104 valence electrons. The molecule has 0 radical (unpaired) electrons. The molecule has 1 nitrogen and oxygen atoms in total. The van der Waals surface area contributed by atoms with Crippen LogP contribution in [-0.4, -0.2) is 5.11 Å². The van der Waals surface area contributed by atoms with E-state index in [0.717, 1.165) is 12.1 Å². The number of fused-ring (bicyclic) bond motifs is 2. The summed E-state index contributed by atoms with van der Waals surface area (Å²) in [4.78, 5) is 0. The van der Waals surface area contributed by atoms with Crippen LogP contribution in [0.4, 0.5) is 17.6 Å². The van der Waals surface area contributed by atoms with Crippen molar-refractivity contribution in [3.8, 4) is 0 Å². The molecule has 3 rings (SSSR count). The van der Waals surface area contributed by atoms with Crippen LogP contribution in [0.5, 0.6) is 0 Å². The van der Waals surface area contributed by atoms with E-state index in [2.05, 4.69) is 0 Å². The summed E-state index contributed by atoms with van der Waals surface area (Å²) in [5, 5.41) is 10.2. The maximum absolute atomic E-state index is 14.2. The van der Waals surface area contributed by atoms with E-state index in [4.69, 9.17) is 0 Å². The Hall–Kier alpha value is -1.88. The molecule has 0 amide bonds. The molecule has 0 unspecified atom stereocenters. The van der Waals surface area contributed by atoms with Crippen LogP contribution >= 0.6 is 0 Å². The van der Waals surface area contributed by atoms with E-state index < -0.39 is 29.1 Å². The average Bonchev–Trinajstić information content (AvgIpc) is 2.50. The summed E-state index contributed by atoms with van der Waals surface area (Å²) in [6.45, 7) is 0. The lowest BCUT2D eigenvalue weighted by Gasteiger charge is -2.26. The number of rotatable bonds is 0. The van der Waals surface area contributed by atoms with E-state index in [1.54, 1.807) is 0 Å². The van der Waals surface area contributed by atoms with Crippen LogP contribution in [0.2, 0.25) is 0 Å². The van der Waals surface area contributed by atoms with Crippen LogP contribution < -0.4 is 0 Å². The molecule has 0 aromatic heterocycles. The van der Waals surface area contributed by atoms with Gasteiger partial charge in [0.2, 0.25) is 0 Å². The van der Waals surface area contributed by atoms with Crippen molar-refractivity contribution in [3.05, 3.63) is 70.8 Å². The molecule has 0 fully saturated rings. The standard InChI is InChI=1S/C15H10F4O/c16-14(17)11-7-3-1-5-9(11)13(20)10-6-2-4-8-12(10)15(14,18)19/h1-8,13,20H. The highest BCUT2D eigenvalue weighted by molar-refractivity contribution is 5.48. The van der Waals surface area contributed by atoms with Crippen LogP contribution in [0.1, 0.15) is 28.4 Å². The maximum atomic E-state index is 14.2. The molecule has 0 spiro atoms. The smallest absolute Gasteiger partial charge is 0.340 e. The molecular weight excluding hydrogens is 272 g/mol. The highest BCUT2D eigenvalue weighted by Gasteiger charge is 2.62. The van der Waals surface area contributed by atoms with Gasteiger partial charge >= 0.3 is 11.8 Å². The topological polar surface area (TPSA) is 20.2 Å². The van der Waals surface area contributed by atoms with Gasteiger partial charge in [0.1, 0.15) is 6.10 Å². The minimum Gasteiger partial charge on any atom is -0.384 e. The molecule has 0 heterocycles. The molecule has 1 aliphatic carbocycles. The van der Waals surface area contributed by atoms with Gasteiger partial charge in [0.25, 0.3) is 0 Å². The van der Waals surface area contributed by atoms with Crippen molar-refractivity contribution in [3.63, 3.8) is 0 Å². The summed E-state index contributed by atoms with van der Waals surface area (Å²) < 4.78 is 56.9. The first kappa shape index (κ1) is 13.1. The van der Waals surface area contributed by atoms with E-state index in [9.17, 15) is 22.7 Å². The zero-order valence-corrected chi connectivity index (χ0v) is 10.2. The average molecular weight is 282 g/mol. The Kier molecular flexibility index (Phi) is 2.66. The number of benzene rings is 2.